The molecule has 1 amide bonds. The van der Waals surface area contributed by atoms with Crippen LogP contribution < -0.4 is 0 Å². The van der Waals surface area contributed by atoms with E-state index in [-0.39, 0.29) is 25.1 Å². The second kappa shape index (κ2) is 8.94. The number of fused-ring (bicyclic) bond motifs is 3. The average Bonchev–Trinajstić information content (AvgIpc) is 3.42. The Morgan fingerprint density at radius 1 is 1.00 bits per heavy atom. The van der Waals surface area contributed by atoms with Crippen LogP contribution in [0.3, 0.4) is 0 Å². The van der Waals surface area contributed by atoms with Crippen LogP contribution in [0.1, 0.15) is 30.5 Å². The van der Waals surface area contributed by atoms with Gasteiger partial charge in [-0.1, -0.05) is 60.7 Å². The first-order valence-electron chi connectivity index (χ1n) is 12.8. The minimum Gasteiger partial charge on any atom is -0.466 e. The Kier molecular flexibility index (Phi) is 5.76. The van der Waals surface area contributed by atoms with E-state index in [1.54, 1.807) is 36.1 Å². The van der Waals surface area contributed by atoms with Gasteiger partial charge in [-0.2, -0.15) is 0 Å². The molecule has 10 nitrogen and oxygen atoms in total. The van der Waals surface area contributed by atoms with Crippen molar-refractivity contribution in [1.82, 2.24) is 9.80 Å². The predicted molar refractivity (Wildman–Crippen MR) is 134 cm³/mol. The first-order valence-corrected chi connectivity index (χ1v) is 12.8. The topological polar surface area (TPSA) is 112 Å². The molecule has 3 saturated heterocycles. The van der Waals surface area contributed by atoms with E-state index in [4.69, 9.17) is 18.9 Å². The zero-order valence-electron chi connectivity index (χ0n) is 21.8. The summed E-state index contributed by atoms with van der Waals surface area (Å²) in [5.74, 6) is -6.36. The van der Waals surface area contributed by atoms with E-state index in [9.17, 15) is 19.2 Å². The van der Waals surface area contributed by atoms with Crippen LogP contribution in [-0.4, -0.2) is 65.9 Å². The third-order valence-corrected chi connectivity index (χ3v) is 8.36. The van der Waals surface area contributed by atoms with Crippen LogP contribution >= 0.6 is 0 Å². The van der Waals surface area contributed by atoms with Gasteiger partial charge in [0.05, 0.1) is 32.4 Å². The summed E-state index contributed by atoms with van der Waals surface area (Å²) in [6.07, 6.45) is 0.245. The number of hydrogen-bond acceptors (Lipinski definition) is 9. The number of methoxy groups -OCH3 is 2. The lowest BCUT2D eigenvalue weighted by Crippen LogP contribution is -2.71. The molecule has 0 radical (unpaired) electrons. The highest BCUT2D eigenvalue weighted by molar-refractivity contribution is 6.11. The zero-order chi connectivity index (χ0) is 27.5. The fourth-order valence-electron chi connectivity index (χ4n) is 6.78. The molecule has 39 heavy (non-hydrogen) atoms. The maximum atomic E-state index is 14.6. The van der Waals surface area contributed by atoms with E-state index in [0.29, 0.717) is 11.3 Å². The molecule has 6 rings (SSSR count). The number of hydrogen-bond donors (Lipinski definition) is 0. The normalized spacial score (nSPS) is 31.0. The van der Waals surface area contributed by atoms with Crippen LogP contribution in [0.5, 0.6) is 0 Å². The highest BCUT2D eigenvalue weighted by Crippen LogP contribution is 2.65. The monoisotopic (exact) mass is 532 g/mol. The summed E-state index contributed by atoms with van der Waals surface area (Å²) in [5, 5.41) is 0. The molecule has 10 heteroatoms. The van der Waals surface area contributed by atoms with Gasteiger partial charge in [0.25, 0.3) is 11.5 Å². The molecule has 4 heterocycles. The van der Waals surface area contributed by atoms with Gasteiger partial charge in [-0.3, -0.25) is 14.5 Å². The molecule has 0 N–H and O–H groups in total. The van der Waals surface area contributed by atoms with Crippen LogP contribution in [0, 0.1) is 11.8 Å². The molecule has 4 aliphatic rings. The second-order valence-electron chi connectivity index (χ2n) is 10.1. The fourth-order valence-corrected chi connectivity index (χ4v) is 6.78. The number of rotatable bonds is 5. The molecular weight excluding hydrogens is 504 g/mol. The molecule has 1 spiro atoms. The van der Waals surface area contributed by atoms with Crippen molar-refractivity contribution in [3.63, 3.8) is 0 Å². The number of nitrogens with zero attached hydrogens (tertiary/aromatic N) is 2. The van der Waals surface area contributed by atoms with Crippen molar-refractivity contribution < 1.29 is 38.1 Å². The van der Waals surface area contributed by atoms with Crippen LogP contribution in [-0.2, 0) is 44.7 Å². The Balaban J connectivity index is 1.68. The Labute approximate surface area is 225 Å². The number of cyclic esters (lactones) is 1. The largest absolute Gasteiger partial charge is 0.466 e. The number of benzene rings is 2. The quantitative estimate of drug-likeness (QED) is 0.325. The number of piperidine rings is 1. The summed E-state index contributed by atoms with van der Waals surface area (Å²) in [7, 11) is 2.46. The highest BCUT2D eigenvalue weighted by Gasteiger charge is 2.85. The van der Waals surface area contributed by atoms with E-state index >= 15 is 0 Å². The van der Waals surface area contributed by atoms with E-state index in [2.05, 4.69) is 0 Å². The summed E-state index contributed by atoms with van der Waals surface area (Å²) in [6.45, 7) is 1.96. The number of amides is 1. The lowest BCUT2D eigenvalue weighted by atomic mass is 9.69. The minimum absolute atomic E-state index is 0.0501. The summed E-state index contributed by atoms with van der Waals surface area (Å²) in [5.41, 5.74) is 0.0277. The number of allylic oxidation sites excluding steroid dienone is 1. The number of ether oxygens (including phenoxy) is 4. The number of esters is 3. The molecule has 202 valence electrons. The smallest absolute Gasteiger partial charge is 0.348 e. The summed E-state index contributed by atoms with van der Waals surface area (Å²) >= 11 is 0. The third kappa shape index (κ3) is 3.18. The summed E-state index contributed by atoms with van der Waals surface area (Å²) in [4.78, 5) is 58.1. The first kappa shape index (κ1) is 25.1. The molecular formula is C29H28N2O8. The van der Waals surface area contributed by atoms with Crippen LogP contribution in [0.4, 0.5) is 0 Å². The van der Waals surface area contributed by atoms with Crippen molar-refractivity contribution in [2.45, 2.75) is 37.4 Å². The van der Waals surface area contributed by atoms with E-state index in [0.717, 1.165) is 5.56 Å². The predicted octanol–water partition coefficient (Wildman–Crippen LogP) is 2.31. The van der Waals surface area contributed by atoms with Gasteiger partial charge in [-0.25, -0.2) is 9.59 Å². The van der Waals surface area contributed by atoms with Gasteiger partial charge in [-0.15, -0.1) is 0 Å². The van der Waals surface area contributed by atoms with Gasteiger partial charge in [0.2, 0.25) is 5.85 Å². The summed E-state index contributed by atoms with van der Waals surface area (Å²) < 4.78 is 22.5. The van der Waals surface area contributed by atoms with Crippen molar-refractivity contribution in [3.05, 3.63) is 83.1 Å². The van der Waals surface area contributed by atoms with E-state index in [1.807, 2.05) is 36.4 Å². The van der Waals surface area contributed by atoms with Crippen molar-refractivity contribution in [2.75, 3.05) is 20.8 Å². The number of carbonyl (C=O) groups is 4. The van der Waals surface area contributed by atoms with Crippen molar-refractivity contribution >= 4 is 23.8 Å². The van der Waals surface area contributed by atoms with E-state index in [1.165, 1.54) is 19.1 Å². The Morgan fingerprint density at radius 2 is 1.67 bits per heavy atom. The minimum atomic E-state index is -2.08. The van der Waals surface area contributed by atoms with E-state index < -0.39 is 53.1 Å². The van der Waals surface area contributed by atoms with Crippen molar-refractivity contribution in [2.24, 2.45) is 11.8 Å². The van der Waals surface area contributed by atoms with Gasteiger partial charge in [-0.05, 0) is 24.5 Å². The highest BCUT2D eigenvalue weighted by atomic mass is 16.6. The summed E-state index contributed by atoms with van der Waals surface area (Å²) in [6, 6.07) is 17.4. The lowest BCUT2D eigenvalue weighted by molar-refractivity contribution is -0.234. The van der Waals surface area contributed by atoms with Gasteiger partial charge in [0, 0.05) is 18.2 Å². The number of carbonyl (C=O) groups excluding carboxylic acids is 4. The third-order valence-electron chi connectivity index (χ3n) is 8.36. The maximum absolute atomic E-state index is 14.6. The van der Waals surface area contributed by atoms with Crippen molar-refractivity contribution in [1.29, 1.82) is 0 Å². The molecule has 5 atom stereocenters. The molecule has 2 aromatic carbocycles. The molecule has 4 aliphatic heterocycles. The van der Waals surface area contributed by atoms with Gasteiger partial charge < -0.3 is 23.8 Å². The molecule has 2 bridgehead atoms. The standard InChI is InChI=1S/C29H28N2O8/c1-17-21(24(32)36-2)23(19-12-8-5-9-13-19)31-26(34)28(27(35)37-3)20-14-15-38-25(33)22(20)29(31,39-28)30(17)16-18-10-6-4-7-11-18/h4-13,20,22-23H,14-16H2,1-3H3/t20?,22?,23?,28-,29-/m0/s1. The lowest BCUT2D eigenvalue weighted by Gasteiger charge is -2.56. The molecule has 0 saturated carbocycles. The SMILES string of the molecule is COC(=O)C1=C(C)N(Cc2ccccc2)[C@]23O[C@](C(=O)OC)(C(=O)N2C1c1ccccc1)C1CCOC(=O)C13. The zero-order valence-corrected chi connectivity index (χ0v) is 21.8. The van der Waals surface area contributed by atoms with Crippen LogP contribution in [0.2, 0.25) is 0 Å². The molecule has 3 unspecified atom stereocenters. The fraction of sp³-hybridized carbons (Fsp3) is 0.379. The molecule has 0 aliphatic carbocycles. The molecule has 2 aromatic rings. The average molecular weight is 533 g/mol. The van der Waals surface area contributed by atoms with Gasteiger partial charge in [0.15, 0.2) is 0 Å². The Bertz CT molecular complexity index is 1390. The first-order chi connectivity index (χ1) is 18.8. The second-order valence-corrected chi connectivity index (χ2v) is 10.1. The van der Waals surface area contributed by atoms with Crippen LogP contribution in [0.15, 0.2) is 71.9 Å². The maximum Gasteiger partial charge on any atom is 0.348 e. The van der Waals surface area contributed by atoms with Crippen molar-refractivity contribution in [3.8, 4) is 0 Å². The Hall–Kier alpha value is -4.18. The molecule has 0 aromatic heterocycles. The van der Waals surface area contributed by atoms with Gasteiger partial charge in [0.1, 0.15) is 5.92 Å². The van der Waals surface area contributed by atoms with Crippen LogP contribution in [0.25, 0.3) is 0 Å². The Morgan fingerprint density at radius 3 is 2.31 bits per heavy atom. The van der Waals surface area contributed by atoms with Gasteiger partial charge >= 0.3 is 17.9 Å². The molecule has 3 fully saturated rings.